The van der Waals surface area contributed by atoms with Crippen molar-refractivity contribution in [2.75, 3.05) is 23.3 Å². The molecule has 0 aliphatic carbocycles. The summed E-state index contributed by atoms with van der Waals surface area (Å²) < 4.78 is 52.8. The minimum absolute atomic E-state index is 0.00330. The summed E-state index contributed by atoms with van der Waals surface area (Å²) in [6.45, 7) is 0.669. The Morgan fingerprint density at radius 1 is 0.909 bits per heavy atom. The normalized spacial score (nSPS) is 12.6. The highest BCUT2D eigenvalue weighted by Gasteiger charge is 2.22. The fourth-order valence-electron chi connectivity index (χ4n) is 3.15. The third-order valence-electron chi connectivity index (χ3n) is 4.73. The second-order valence-corrected chi connectivity index (χ2v) is 8.65. The van der Waals surface area contributed by atoms with Gasteiger partial charge in [0.1, 0.15) is 19.0 Å². The van der Waals surface area contributed by atoms with Gasteiger partial charge in [-0.15, -0.1) is 0 Å². The molecule has 1 aliphatic heterocycles. The van der Waals surface area contributed by atoms with Crippen molar-refractivity contribution in [1.82, 2.24) is 0 Å². The van der Waals surface area contributed by atoms with Gasteiger partial charge in [0.25, 0.3) is 21.8 Å². The average molecular weight is 471 g/mol. The molecule has 0 saturated heterocycles. The van der Waals surface area contributed by atoms with Crippen LogP contribution in [0.1, 0.15) is 20.7 Å². The Balaban J connectivity index is 1.59. The molecule has 1 aliphatic rings. The number of carbonyl (C=O) groups excluding carboxylic acids is 2. The molecule has 3 aromatic carbocycles. The van der Waals surface area contributed by atoms with E-state index in [0.717, 1.165) is 12.1 Å². The maximum absolute atomic E-state index is 13.7. The van der Waals surface area contributed by atoms with E-state index >= 15 is 0 Å². The van der Waals surface area contributed by atoms with Crippen molar-refractivity contribution in [2.45, 2.75) is 4.90 Å². The number of benzene rings is 3. The van der Waals surface area contributed by atoms with Crippen molar-refractivity contribution in [3.63, 3.8) is 0 Å². The molecule has 2 amide bonds. The van der Waals surface area contributed by atoms with Gasteiger partial charge in [0.15, 0.2) is 11.5 Å². The number of ether oxygens (including phenoxy) is 2. The summed E-state index contributed by atoms with van der Waals surface area (Å²) >= 11 is 0. The highest BCUT2D eigenvalue weighted by atomic mass is 32.2. The first-order valence-electron chi connectivity index (χ1n) is 9.67. The Morgan fingerprint density at radius 2 is 1.64 bits per heavy atom. The fourth-order valence-corrected chi connectivity index (χ4v) is 4.25. The molecule has 0 aromatic heterocycles. The lowest BCUT2D eigenvalue weighted by atomic mass is 10.1. The number of anilines is 2. The molecule has 3 aromatic rings. The third-order valence-corrected chi connectivity index (χ3v) is 6.09. The van der Waals surface area contributed by atoms with Gasteiger partial charge in [-0.1, -0.05) is 12.1 Å². The van der Waals surface area contributed by atoms with Crippen LogP contribution in [0.3, 0.4) is 0 Å². The number of halogens is 1. The molecule has 0 spiro atoms. The van der Waals surface area contributed by atoms with Crippen molar-refractivity contribution in [1.29, 1.82) is 0 Å². The van der Waals surface area contributed by atoms with Crippen LogP contribution in [0, 0.1) is 5.82 Å². The van der Waals surface area contributed by atoms with Gasteiger partial charge in [-0.2, -0.15) is 0 Å². The van der Waals surface area contributed by atoms with Crippen LogP contribution in [0.25, 0.3) is 0 Å². The van der Waals surface area contributed by atoms with Crippen molar-refractivity contribution in [3.8, 4) is 11.5 Å². The molecule has 1 heterocycles. The zero-order chi connectivity index (χ0) is 23.6. The first-order chi connectivity index (χ1) is 15.7. The average Bonchev–Trinajstić information content (AvgIpc) is 2.80. The number of fused-ring (bicyclic) bond motifs is 1. The van der Waals surface area contributed by atoms with Crippen LogP contribution < -0.4 is 25.2 Å². The number of nitrogens with two attached hydrogens (primary N) is 1. The zero-order valence-electron chi connectivity index (χ0n) is 17.0. The van der Waals surface area contributed by atoms with Crippen molar-refractivity contribution >= 4 is 33.2 Å². The molecular weight excluding hydrogens is 453 g/mol. The molecule has 170 valence electrons. The number of sulfonamides is 1. The van der Waals surface area contributed by atoms with Gasteiger partial charge < -0.3 is 20.5 Å². The van der Waals surface area contributed by atoms with E-state index in [0.29, 0.717) is 24.7 Å². The molecule has 33 heavy (non-hydrogen) atoms. The van der Waals surface area contributed by atoms with Gasteiger partial charge in [0, 0.05) is 11.8 Å². The molecule has 0 unspecified atom stereocenters. The highest BCUT2D eigenvalue weighted by molar-refractivity contribution is 7.92. The maximum Gasteiger partial charge on any atom is 0.262 e. The number of nitrogens with one attached hydrogen (secondary N) is 2. The van der Waals surface area contributed by atoms with E-state index in [1.54, 1.807) is 12.1 Å². The van der Waals surface area contributed by atoms with Gasteiger partial charge in [-0.05, 0) is 42.5 Å². The summed E-state index contributed by atoms with van der Waals surface area (Å²) in [5, 5.41) is 2.50. The molecule has 0 bridgehead atoms. The molecule has 0 atom stereocenters. The number of para-hydroxylation sites is 1. The van der Waals surface area contributed by atoms with E-state index in [-0.39, 0.29) is 27.4 Å². The molecule has 11 heteroatoms. The SMILES string of the molecule is NC(=O)c1cc(NC(=O)c2ccccc2NS(=O)(=O)c2ccc3c(c2)OCCO3)ccc1F. The number of rotatable bonds is 6. The summed E-state index contributed by atoms with van der Waals surface area (Å²) in [6.07, 6.45) is 0. The number of hydrogen-bond acceptors (Lipinski definition) is 6. The molecular formula is C22H18FN3O6S. The number of amides is 2. The van der Waals surface area contributed by atoms with Crippen molar-refractivity contribution in [3.05, 3.63) is 77.6 Å². The molecule has 9 nitrogen and oxygen atoms in total. The summed E-state index contributed by atoms with van der Waals surface area (Å²) in [5.41, 5.74) is 4.87. The first-order valence-corrected chi connectivity index (χ1v) is 11.1. The van der Waals surface area contributed by atoms with Crippen LogP contribution in [-0.2, 0) is 10.0 Å². The molecule has 0 radical (unpaired) electrons. The predicted molar refractivity (Wildman–Crippen MR) is 118 cm³/mol. The van der Waals surface area contributed by atoms with E-state index in [1.807, 2.05) is 0 Å². The summed E-state index contributed by atoms with van der Waals surface area (Å²) in [5.74, 6) is -1.76. The van der Waals surface area contributed by atoms with Crippen molar-refractivity contribution < 1.29 is 31.9 Å². The van der Waals surface area contributed by atoms with Crippen LogP contribution in [0.5, 0.6) is 11.5 Å². The minimum atomic E-state index is -4.08. The van der Waals surface area contributed by atoms with E-state index < -0.39 is 27.7 Å². The van der Waals surface area contributed by atoms with Gasteiger partial charge in [0.2, 0.25) is 0 Å². The minimum Gasteiger partial charge on any atom is -0.486 e. The topological polar surface area (TPSA) is 137 Å². The van der Waals surface area contributed by atoms with E-state index in [4.69, 9.17) is 15.2 Å². The zero-order valence-corrected chi connectivity index (χ0v) is 17.8. The summed E-state index contributed by atoms with van der Waals surface area (Å²) in [4.78, 5) is 24.1. The van der Waals surface area contributed by atoms with Crippen LogP contribution in [-0.4, -0.2) is 33.4 Å². The largest absolute Gasteiger partial charge is 0.486 e. The lowest BCUT2D eigenvalue weighted by Gasteiger charge is -2.19. The third kappa shape index (κ3) is 4.72. The Bertz CT molecular complexity index is 1360. The van der Waals surface area contributed by atoms with Crippen LogP contribution in [0.4, 0.5) is 15.8 Å². The Kier molecular flexibility index (Phi) is 5.88. The highest BCUT2D eigenvalue weighted by Crippen LogP contribution is 2.33. The molecule has 0 saturated carbocycles. The lowest BCUT2D eigenvalue weighted by molar-refractivity contribution is 0.0992. The fraction of sp³-hybridized carbons (Fsp3) is 0.0909. The van der Waals surface area contributed by atoms with Gasteiger partial charge in [-0.3, -0.25) is 14.3 Å². The lowest BCUT2D eigenvalue weighted by Crippen LogP contribution is -2.20. The van der Waals surface area contributed by atoms with Crippen LogP contribution >= 0.6 is 0 Å². The number of carbonyl (C=O) groups is 2. The van der Waals surface area contributed by atoms with Crippen LogP contribution in [0.2, 0.25) is 0 Å². The number of hydrogen-bond donors (Lipinski definition) is 3. The summed E-state index contributed by atoms with van der Waals surface area (Å²) in [6, 6.07) is 13.5. The van der Waals surface area contributed by atoms with Gasteiger partial charge in [-0.25, -0.2) is 12.8 Å². The molecule has 4 rings (SSSR count). The van der Waals surface area contributed by atoms with E-state index in [1.165, 1.54) is 36.4 Å². The van der Waals surface area contributed by atoms with Gasteiger partial charge >= 0.3 is 0 Å². The van der Waals surface area contributed by atoms with E-state index in [2.05, 4.69) is 10.0 Å². The second kappa shape index (κ2) is 8.79. The van der Waals surface area contributed by atoms with E-state index in [9.17, 15) is 22.4 Å². The monoisotopic (exact) mass is 471 g/mol. The smallest absolute Gasteiger partial charge is 0.262 e. The quantitative estimate of drug-likeness (QED) is 0.506. The standard InChI is InChI=1S/C22H18FN3O6S/c23-17-7-5-13(11-16(17)21(24)27)25-22(28)15-3-1-2-4-18(15)26-33(29,30)14-6-8-19-20(12-14)32-10-9-31-19/h1-8,11-12,26H,9-10H2,(H2,24,27)(H,25,28). The Hall–Kier alpha value is -4.12. The Morgan fingerprint density at radius 3 is 2.39 bits per heavy atom. The predicted octanol–water partition coefficient (Wildman–Crippen LogP) is 2.75. The number of primary amides is 1. The molecule has 4 N–H and O–H groups in total. The van der Waals surface area contributed by atoms with Gasteiger partial charge in [0.05, 0.1) is 21.7 Å². The first kappa shape index (κ1) is 22.1. The second-order valence-electron chi connectivity index (χ2n) is 6.97. The maximum atomic E-state index is 13.7. The summed E-state index contributed by atoms with van der Waals surface area (Å²) in [7, 11) is -4.08. The Labute approximate surface area is 188 Å². The van der Waals surface area contributed by atoms with Crippen molar-refractivity contribution in [2.24, 2.45) is 5.73 Å². The molecule has 0 fully saturated rings. The van der Waals surface area contributed by atoms with Crippen LogP contribution in [0.15, 0.2) is 65.6 Å².